The van der Waals surface area contributed by atoms with Crippen LogP contribution in [0.5, 0.6) is 0 Å². The Morgan fingerprint density at radius 1 is 1.00 bits per heavy atom. The van der Waals surface area contributed by atoms with Gasteiger partial charge < -0.3 is 10.6 Å². The van der Waals surface area contributed by atoms with E-state index in [1.165, 1.54) is 25.1 Å². The number of piperidine rings is 1. The summed E-state index contributed by atoms with van der Waals surface area (Å²) < 4.78 is 0. The topological polar surface area (TPSA) is 32.5 Å². The summed E-state index contributed by atoms with van der Waals surface area (Å²) in [5.74, 6) is 0. The Bertz CT molecular complexity index is 436. The number of nitrogens with two attached hydrogens (primary N) is 1. The maximum atomic E-state index is 6.27. The molecule has 0 amide bonds. The standard InChI is InChI=1S/C15H22ClN3.2ClH/c16-14-3-1-2-4-15(14)18-9-6-13(7-10-18)19-8-5-12(17)11-19;;/h1-4,12-13H,5-11,17H2;2*1H. The molecule has 0 saturated carbocycles. The van der Waals surface area contributed by atoms with Crippen LogP contribution >= 0.6 is 36.4 Å². The molecule has 1 aromatic carbocycles. The molecule has 21 heavy (non-hydrogen) atoms. The van der Waals surface area contributed by atoms with Crippen molar-refractivity contribution in [3.05, 3.63) is 29.3 Å². The summed E-state index contributed by atoms with van der Waals surface area (Å²) >= 11 is 6.27. The number of hydrogen-bond donors (Lipinski definition) is 1. The van der Waals surface area contributed by atoms with Crippen LogP contribution in [0.4, 0.5) is 5.69 Å². The molecule has 0 radical (unpaired) electrons. The van der Waals surface area contributed by atoms with Gasteiger partial charge in [0.05, 0.1) is 10.7 Å². The second-order valence-electron chi connectivity index (χ2n) is 5.71. The lowest BCUT2D eigenvalue weighted by atomic mass is 10.0. The normalized spacial score (nSPS) is 23.5. The number of likely N-dealkylation sites (tertiary alicyclic amines) is 1. The van der Waals surface area contributed by atoms with Crippen LogP contribution in [0.2, 0.25) is 5.02 Å². The zero-order valence-electron chi connectivity index (χ0n) is 12.1. The molecular formula is C15H24Cl3N3. The highest BCUT2D eigenvalue weighted by Gasteiger charge is 2.29. The monoisotopic (exact) mass is 351 g/mol. The van der Waals surface area contributed by atoms with Gasteiger partial charge in [-0.3, -0.25) is 4.90 Å². The quantitative estimate of drug-likeness (QED) is 0.887. The second kappa shape index (κ2) is 8.44. The third-order valence-corrected chi connectivity index (χ3v) is 4.75. The fourth-order valence-corrected chi connectivity index (χ4v) is 3.58. The number of benzene rings is 1. The van der Waals surface area contributed by atoms with Gasteiger partial charge in [0.1, 0.15) is 0 Å². The van der Waals surface area contributed by atoms with E-state index in [4.69, 9.17) is 17.3 Å². The molecule has 3 rings (SSSR count). The highest BCUT2D eigenvalue weighted by Crippen LogP contribution is 2.29. The minimum Gasteiger partial charge on any atom is -0.370 e. The molecule has 0 aliphatic carbocycles. The highest BCUT2D eigenvalue weighted by atomic mass is 35.5. The summed E-state index contributed by atoms with van der Waals surface area (Å²) in [7, 11) is 0. The molecule has 0 bridgehead atoms. The van der Waals surface area contributed by atoms with E-state index in [2.05, 4.69) is 21.9 Å². The zero-order chi connectivity index (χ0) is 13.2. The van der Waals surface area contributed by atoms with Crippen LogP contribution in [0, 0.1) is 0 Å². The Balaban J connectivity index is 0.00000110. The molecular weight excluding hydrogens is 329 g/mol. The fraction of sp³-hybridized carbons (Fsp3) is 0.600. The Labute approximate surface area is 144 Å². The first kappa shape index (κ1) is 18.9. The fourth-order valence-electron chi connectivity index (χ4n) is 3.33. The SMILES string of the molecule is Cl.Cl.NC1CCN(C2CCN(c3ccccc3Cl)CC2)C1. The number of anilines is 1. The molecule has 3 nitrogen and oxygen atoms in total. The molecule has 1 atom stereocenters. The third-order valence-electron chi connectivity index (χ3n) is 4.43. The van der Waals surface area contributed by atoms with Gasteiger partial charge in [-0.2, -0.15) is 0 Å². The van der Waals surface area contributed by atoms with Crippen LogP contribution in [0.25, 0.3) is 0 Å². The summed E-state index contributed by atoms with van der Waals surface area (Å²) in [5.41, 5.74) is 7.18. The van der Waals surface area contributed by atoms with Crippen molar-refractivity contribution in [1.82, 2.24) is 4.90 Å². The number of para-hydroxylation sites is 1. The summed E-state index contributed by atoms with van der Waals surface area (Å²) in [4.78, 5) is 4.99. The summed E-state index contributed by atoms with van der Waals surface area (Å²) in [6, 6.07) is 9.25. The smallest absolute Gasteiger partial charge is 0.0639 e. The van der Waals surface area contributed by atoms with Gasteiger partial charge in [-0.15, -0.1) is 24.8 Å². The second-order valence-corrected chi connectivity index (χ2v) is 6.12. The molecule has 0 aromatic heterocycles. The van der Waals surface area contributed by atoms with Gasteiger partial charge in [-0.05, 0) is 31.4 Å². The van der Waals surface area contributed by atoms with Crippen molar-refractivity contribution in [3.63, 3.8) is 0 Å². The van der Waals surface area contributed by atoms with Gasteiger partial charge in [0.15, 0.2) is 0 Å². The Kier molecular flexibility index (Phi) is 7.58. The molecule has 120 valence electrons. The van der Waals surface area contributed by atoms with E-state index >= 15 is 0 Å². The van der Waals surface area contributed by atoms with Crippen molar-refractivity contribution in [2.45, 2.75) is 31.3 Å². The van der Waals surface area contributed by atoms with Crippen LogP contribution in [0.3, 0.4) is 0 Å². The van der Waals surface area contributed by atoms with Gasteiger partial charge in [0, 0.05) is 38.3 Å². The zero-order valence-corrected chi connectivity index (χ0v) is 14.5. The molecule has 0 spiro atoms. The third kappa shape index (κ3) is 4.40. The first-order chi connectivity index (χ1) is 9.24. The Morgan fingerprint density at radius 2 is 1.67 bits per heavy atom. The summed E-state index contributed by atoms with van der Waals surface area (Å²) in [6.45, 7) is 4.45. The highest BCUT2D eigenvalue weighted by molar-refractivity contribution is 6.33. The van der Waals surface area contributed by atoms with E-state index in [0.717, 1.165) is 31.1 Å². The molecule has 1 unspecified atom stereocenters. The lowest BCUT2D eigenvalue weighted by molar-refractivity contribution is 0.205. The van der Waals surface area contributed by atoms with Crippen LogP contribution in [0.1, 0.15) is 19.3 Å². The van der Waals surface area contributed by atoms with E-state index in [9.17, 15) is 0 Å². The van der Waals surface area contributed by atoms with Crippen LogP contribution in [-0.4, -0.2) is 43.2 Å². The largest absolute Gasteiger partial charge is 0.370 e. The van der Waals surface area contributed by atoms with Crippen molar-refractivity contribution in [1.29, 1.82) is 0 Å². The van der Waals surface area contributed by atoms with Crippen LogP contribution in [-0.2, 0) is 0 Å². The van der Waals surface area contributed by atoms with Crippen molar-refractivity contribution in [3.8, 4) is 0 Å². The van der Waals surface area contributed by atoms with Gasteiger partial charge >= 0.3 is 0 Å². The number of nitrogens with zero attached hydrogens (tertiary/aromatic N) is 2. The molecule has 2 saturated heterocycles. The maximum Gasteiger partial charge on any atom is 0.0639 e. The van der Waals surface area contributed by atoms with Crippen molar-refractivity contribution in [2.24, 2.45) is 5.73 Å². The van der Waals surface area contributed by atoms with E-state index in [1.54, 1.807) is 0 Å². The molecule has 6 heteroatoms. The van der Waals surface area contributed by atoms with Gasteiger partial charge in [0.2, 0.25) is 0 Å². The van der Waals surface area contributed by atoms with Crippen LogP contribution in [0.15, 0.2) is 24.3 Å². The van der Waals surface area contributed by atoms with Crippen molar-refractivity contribution < 1.29 is 0 Å². The molecule has 2 fully saturated rings. The van der Waals surface area contributed by atoms with E-state index in [1.807, 2.05) is 12.1 Å². The molecule has 2 aliphatic heterocycles. The van der Waals surface area contributed by atoms with Gasteiger partial charge in [-0.25, -0.2) is 0 Å². The van der Waals surface area contributed by atoms with Crippen molar-refractivity contribution in [2.75, 3.05) is 31.1 Å². The minimum atomic E-state index is 0. The Hall–Kier alpha value is -0.190. The predicted octanol–water partition coefficient (Wildman–Crippen LogP) is 3.19. The molecule has 1 aromatic rings. The average molecular weight is 353 g/mol. The molecule has 2 N–H and O–H groups in total. The van der Waals surface area contributed by atoms with E-state index in [-0.39, 0.29) is 24.8 Å². The first-order valence-corrected chi connectivity index (χ1v) is 7.61. The van der Waals surface area contributed by atoms with Gasteiger partial charge in [0.25, 0.3) is 0 Å². The average Bonchev–Trinajstić information content (AvgIpc) is 2.86. The Morgan fingerprint density at radius 3 is 2.24 bits per heavy atom. The molecule has 2 heterocycles. The first-order valence-electron chi connectivity index (χ1n) is 7.23. The predicted molar refractivity (Wildman–Crippen MR) is 95.3 cm³/mol. The van der Waals surface area contributed by atoms with E-state index < -0.39 is 0 Å². The lowest BCUT2D eigenvalue weighted by Gasteiger charge is -2.38. The molecule has 2 aliphatic rings. The lowest BCUT2D eigenvalue weighted by Crippen LogP contribution is -2.44. The van der Waals surface area contributed by atoms with Crippen molar-refractivity contribution >= 4 is 42.1 Å². The number of hydrogen-bond acceptors (Lipinski definition) is 3. The van der Waals surface area contributed by atoms with Gasteiger partial charge in [-0.1, -0.05) is 23.7 Å². The summed E-state index contributed by atoms with van der Waals surface area (Å²) in [5, 5.41) is 0.865. The summed E-state index contributed by atoms with van der Waals surface area (Å²) in [6.07, 6.45) is 3.60. The maximum absolute atomic E-state index is 6.27. The van der Waals surface area contributed by atoms with Crippen LogP contribution < -0.4 is 10.6 Å². The number of rotatable bonds is 2. The minimum absolute atomic E-state index is 0. The number of halogens is 3. The van der Waals surface area contributed by atoms with E-state index in [0.29, 0.717) is 12.1 Å².